The highest BCUT2D eigenvalue weighted by Gasteiger charge is 2.23. The molecule has 0 bridgehead atoms. The van der Waals surface area contributed by atoms with E-state index in [0.717, 1.165) is 17.9 Å². The fourth-order valence-corrected chi connectivity index (χ4v) is 3.13. The van der Waals surface area contributed by atoms with Gasteiger partial charge in [0.15, 0.2) is 0 Å². The lowest BCUT2D eigenvalue weighted by Gasteiger charge is -2.29. The third-order valence-electron chi connectivity index (χ3n) is 3.47. The number of nitrogens with zero attached hydrogens (tertiary/aromatic N) is 1. The van der Waals surface area contributed by atoms with Gasteiger partial charge in [-0.25, -0.2) is 4.79 Å². The average molecular weight is 354 g/mol. The molecule has 0 radical (unpaired) electrons. The molecule has 0 saturated heterocycles. The lowest BCUT2D eigenvalue weighted by atomic mass is 10.0. The molecule has 1 rings (SSSR count). The van der Waals surface area contributed by atoms with E-state index < -0.39 is 5.60 Å². The topological polar surface area (TPSA) is 49.8 Å². The van der Waals surface area contributed by atoms with Gasteiger partial charge in [0.1, 0.15) is 5.60 Å². The zero-order valence-electron chi connectivity index (χ0n) is 15.3. The molecule has 0 aliphatic rings. The molecule has 1 N–H and O–H groups in total. The fraction of sp³-hybridized carbons (Fsp3) is 0.632. The number of amides is 1. The second-order valence-corrected chi connectivity index (χ2v) is 8.15. The highest BCUT2D eigenvalue weighted by atomic mass is 32.2. The minimum atomic E-state index is -0.491. The van der Waals surface area contributed by atoms with Crippen molar-refractivity contribution in [2.45, 2.75) is 45.6 Å². The molecule has 1 aromatic carbocycles. The minimum absolute atomic E-state index is 0.216. The van der Waals surface area contributed by atoms with E-state index in [9.17, 15) is 4.79 Å². The largest absolute Gasteiger partial charge is 0.444 e. The number of aliphatic hydroxyl groups is 1. The summed E-state index contributed by atoms with van der Waals surface area (Å²) in [5, 5.41) is 8.84. The summed E-state index contributed by atoms with van der Waals surface area (Å²) in [5.74, 6) is 2.01. The first-order valence-electron chi connectivity index (χ1n) is 8.55. The Morgan fingerprint density at radius 1 is 1.25 bits per heavy atom. The molecule has 0 heterocycles. The fourth-order valence-electron chi connectivity index (χ4n) is 2.24. The van der Waals surface area contributed by atoms with Crippen molar-refractivity contribution in [1.82, 2.24) is 4.90 Å². The lowest BCUT2D eigenvalue weighted by molar-refractivity contribution is 0.0253. The summed E-state index contributed by atoms with van der Waals surface area (Å²) >= 11 is 1.76. The second-order valence-electron chi connectivity index (χ2n) is 6.93. The first-order valence-corrected chi connectivity index (χ1v) is 9.70. The van der Waals surface area contributed by atoms with Crippen molar-refractivity contribution in [2.24, 2.45) is 0 Å². The standard InChI is InChI=1S/C19H31NO3S/c1-16(17-9-6-5-7-10-17)15-20(11-14-24-13-8-12-21)18(22)23-19(2,3)4/h5-7,9-10,16,21H,8,11-15H2,1-4H3/t16-/m1/s1. The van der Waals surface area contributed by atoms with Crippen LogP contribution in [-0.2, 0) is 4.74 Å². The van der Waals surface area contributed by atoms with E-state index in [4.69, 9.17) is 9.84 Å². The van der Waals surface area contributed by atoms with E-state index in [1.807, 2.05) is 39.0 Å². The van der Waals surface area contributed by atoms with Crippen molar-refractivity contribution in [2.75, 3.05) is 31.2 Å². The Hall–Kier alpha value is -1.20. The zero-order valence-corrected chi connectivity index (χ0v) is 16.1. The number of aliphatic hydroxyl groups excluding tert-OH is 1. The Morgan fingerprint density at radius 3 is 2.50 bits per heavy atom. The van der Waals surface area contributed by atoms with E-state index in [1.165, 1.54) is 5.56 Å². The van der Waals surface area contributed by atoms with E-state index in [2.05, 4.69) is 19.1 Å². The van der Waals surface area contributed by atoms with Gasteiger partial charge in [-0.15, -0.1) is 0 Å². The first-order chi connectivity index (χ1) is 11.3. The SMILES string of the molecule is C[C@H](CN(CCSCCCO)C(=O)OC(C)(C)C)c1ccccc1. The van der Waals surface area contributed by atoms with Crippen LogP contribution in [0.25, 0.3) is 0 Å². The molecular weight excluding hydrogens is 322 g/mol. The monoisotopic (exact) mass is 353 g/mol. The third kappa shape index (κ3) is 8.60. The molecule has 1 atom stereocenters. The summed E-state index contributed by atoms with van der Waals surface area (Å²) in [6.45, 7) is 9.31. The molecule has 0 aromatic heterocycles. The summed E-state index contributed by atoms with van der Waals surface area (Å²) in [6.07, 6.45) is 0.533. The zero-order chi connectivity index (χ0) is 18.0. The predicted molar refractivity (Wildman–Crippen MR) is 102 cm³/mol. The number of carbonyl (C=O) groups excluding carboxylic acids is 1. The van der Waals surface area contributed by atoms with Crippen LogP contribution < -0.4 is 0 Å². The number of hydrogen-bond acceptors (Lipinski definition) is 4. The quantitative estimate of drug-likeness (QED) is 0.678. The van der Waals surface area contributed by atoms with Crippen LogP contribution in [0.3, 0.4) is 0 Å². The van der Waals surface area contributed by atoms with Crippen molar-refractivity contribution in [1.29, 1.82) is 0 Å². The van der Waals surface area contributed by atoms with Gasteiger partial charge < -0.3 is 14.7 Å². The van der Waals surface area contributed by atoms with E-state index >= 15 is 0 Å². The van der Waals surface area contributed by atoms with Gasteiger partial charge >= 0.3 is 6.09 Å². The first kappa shape index (κ1) is 20.8. The Balaban J connectivity index is 2.63. The van der Waals surface area contributed by atoms with Gasteiger partial charge in [0.05, 0.1) is 0 Å². The van der Waals surface area contributed by atoms with Crippen LogP contribution in [0.15, 0.2) is 30.3 Å². The molecule has 1 aromatic rings. The van der Waals surface area contributed by atoms with Gasteiger partial charge in [-0.2, -0.15) is 11.8 Å². The van der Waals surface area contributed by atoms with Gasteiger partial charge in [0.25, 0.3) is 0 Å². The van der Waals surface area contributed by atoms with Crippen molar-refractivity contribution in [3.05, 3.63) is 35.9 Å². The maximum Gasteiger partial charge on any atom is 0.410 e. The van der Waals surface area contributed by atoms with Gasteiger partial charge in [-0.05, 0) is 44.4 Å². The summed E-state index contributed by atoms with van der Waals surface area (Å²) in [6, 6.07) is 10.2. The van der Waals surface area contributed by atoms with Gasteiger partial charge in [-0.1, -0.05) is 37.3 Å². The van der Waals surface area contributed by atoms with Gasteiger partial charge in [0.2, 0.25) is 0 Å². The highest BCUT2D eigenvalue weighted by molar-refractivity contribution is 7.99. The molecular formula is C19H31NO3S. The Morgan fingerprint density at radius 2 is 1.92 bits per heavy atom. The maximum absolute atomic E-state index is 12.5. The minimum Gasteiger partial charge on any atom is -0.444 e. The molecule has 0 aliphatic heterocycles. The summed E-state index contributed by atoms with van der Waals surface area (Å²) in [5.41, 5.74) is 0.731. The molecule has 0 saturated carbocycles. The van der Waals surface area contributed by atoms with E-state index in [1.54, 1.807) is 16.7 Å². The summed E-state index contributed by atoms with van der Waals surface area (Å²) in [7, 11) is 0. The van der Waals surface area contributed by atoms with Crippen LogP contribution in [0, 0.1) is 0 Å². The van der Waals surface area contributed by atoms with E-state index in [0.29, 0.717) is 13.1 Å². The summed E-state index contributed by atoms with van der Waals surface area (Å²) < 4.78 is 5.55. The smallest absolute Gasteiger partial charge is 0.410 e. The Bertz CT molecular complexity index is 473. The molecule has 1 amide bonds. The molecule has 24 heavy (non-hydrogen) atoms. The van der Waals surface area contributed by atoms with Crippen LogP contribution in [0.2, 0.25) is 0 Å². The Kier molecular flexibility index (Phi) is 9.22. The van der Waals surface area contributed by atoms with Crippen molar-refractivity contribution >= 4 is 17.9 Å². The Labute approximate surface area is 150 Å². The number of hydrogen-bond donors (Lipinski definition) is 1. The number of rotatable bonds is 9. The molecule has 0 spiro atoms. The lowest BCUT2D eigenvalue weighted by Crippen LogP contribution is -2.40. The van der Waals surface area contributed by atoms with E-state index in [-0.39, 0.29) is 18.6 Å². The number of carbonyl (C=O) groups is 1. The molecule has 136 valence electrons. The summed E-state index contributed by atoms with van der Waals surface area (Å²) in [4.78, 5) is 14.3. The van der Waals surface area contributed by atoms with Crippen LogP contribution in [0.4, 0.5) is 4.79 Å². The molecule has 0 aliphatic carbocycles. The number of benzene rings is 1. The normalized spacial score (nSPS) is 12.7. The maximum atomic E-state index is 12.5. The molecule has 5 heteroatoms. The number of ether oxygens (including phenoxy) is 1. The molecule has 0 fully saturated rings. The average Bonchev–Trinajstić information content (AvgIpc) is 2.52. The highest BCUT2D eigenvalue weighted by Crippen LogP contribution is 2.19. The van der Waals surface area contributed by atoms with Crippen molar-refractivity contribution < 1.29 is 14.6 Å². The predicted octanol–water partition coefficient (Wildman–Crippen LogP) is 4.14. The van der Waals surface area contributed by atoms with Crippen molar-refractivity contribution in [3.8, 4) is 0 Å². The second kappa shape index (κ2) is 10.6. The number of thioether (sulfide) groups is 1. The molecule has 0 unspecified atom stereocenters. The molecule has 4 nitrogen and oxygen atoms in total. The van der Waals surface area contributed by atoms with Gasteiger partial charge in [0, 0.05) is 25.4 Å². The van der Waals surface area contributed by atoms with Gasteiger partial charge in [-0.3, -0.25) is 0 Å². The van der Waals surface area contributed by atoms with Crippen LogP contribution >= 0.6 is 11.8 Å². The third-order valence-corrected chi connectivity index (χ3v) is 4.52. The van der Waals surface area contributed by atoms with Crippen LogP contribution in [0.5, 0.6) is 0 Å². The van der Waals surface area contributed by atoms with Crippen molar-refractivity contribution in [3.63, 3.8) is 0 Å². The van der Waals surface area contributed by atoms with Crippen LogP contribution in [0.1, 0.15) is 45.6 Å². The van der Waals surface area contributed by atoms with Crippen LogP contribution in [-0.4, -0.2) is 52.9 Å².